The van der Waals surface area contributed by atoms with Gasteiger partial charge in [-0.2, -0.15) is 0 Å². The Labute approximate surface area is 125 Å². The molecular formula is C15H24O6. The van der Waals surface area contributed by atoms with Crippen LogP contribution < -0.4 is 0 Å². The Morgan fingerprint density at radius 1 is 0.810 bits per heavy atom. The standard InChI is InChI=1S/C15H24O6/c1-20-13(18)5-9-15(7-3-11-16,8-4-12-17)10-6-14(19)21-2/h11-12H,3-10H2,1-2H3. The Bertz CT molecular complexity index is 316. The van der Waals surface area contributed by atoms with E-state index in [4.69, 9.17) is 0 Å². The molecule has 0 aromatic carbocycles. The van der Waals surface area contributed by atoms with Crippen LogP contribution in [0.4, 0.5) is 0 Å². The van der Waals surface area contributed by atoms with Gasteiger partial charge in [-0.1, -0.05) is 0 Å². The van der Waals surface area contributed by atoms with Crippen LogP contribution in [0, 0.1) is 5.41 Å². The molecule has 0 aliphatic carbocycles. The monoisotopic (exact) mass is 300 g/mol. The van der Waals surface area contributed by atoms with Crippen molar-refractivity contribution in [3.63, 3.8) is 0 Å². The summed E-state index contributed by atoms with van der Waals surface area (Å²) in [6.45, 7) is 0. The highest BCUT2D eigenvalue weighted by molar-refractivity contribution is 5.70. The average molecular weight is 300 g/mol. The number of esters is 2. The highest BCUT2D eigenvalue weighted by Crippen LogP contribution is 2.39. The third kappa shape index (κ3) is 8.22. The summed E-state index contributed by atoms with van der Waals surface area (Å²) in [6, 6.07) is 0. The van der Waals surface area contributed by atoms with Gasteiger partial charge in [0.2, 0.25) is 0 Å². The van der Waals surface area contributed by atoms with Gasteiger partial charge in [-0.15, -0.1) is 0 Å². The summed E-state index contributed by atoms with van der Waals surface area (Å²) < 4.78 is 9.26. The molecule has 0 atom stereocenters. The van der Waals surface area contributed by atoms with Crippen LogP contribution in [0.1, 0.15) is 51.4 Å². The quantitative estimate of drug-likeness (QED) is 0.404. The summed E-state index contributed by atoms with van der Waals surface area (Å²) in [5.41, 5.74) is -0.399. The molecule has 0 saturated carbocycles. The van der Waals surface area contributed by atoms with Gasteiger partial charge in [0, 0.05) is 25.7 Å². The predicted molar refractivity (Wildman–Crippen MR) is 75.5 cm³/mol. The van der Waals surface area contributed by atoms with Crippen LogP contribution in [0.3, 0.4) is 0 Å². The van der Waals surface area contributed by atoms with Crippen LogP contribution in [-0.4, -0.2) is 38.7 Å². The summed E-state index contributed by atoms with van der Waals surface area (Å²) in [7, 11) is 2.63. The topological polar surface area (TPSA) is 86.7 Å². The van der Waals surface area contributed by atoms with Crippen LogP contribution in [-0.2, 0) is 28.7 Å². The third-order valence-corrected chi connectivity index (χ3v) is 3.76. The average Bonchev–Trinajstić information content (AvgIpc) is 2.52. The normalized spacial score (nSPS) is 10.8. The fourth-order valence-electron chi connectivity index (χ4n) is 2.42. The minimum absolute atomic E-state index is 0.204. The smallest absolute Gasteiger partial charge is 0.305 e. The highest BCUT2D eigenvalue weighted by atomic mass is 16.5. The number of rotatable bonds is 12. The molecule has 0 N–H and O–H groups in total. The molecule has 120 valence electrons. The first kappa shape index (κ1) is 19.3. The molecule has 6 nitrogen and oxygen atoms in total. The first-order valence-corrected chi connectivity index (χ1v) is 7.04. The summed E-state index contributed by atoms with van der Waals surface area (Å²) in [4.78, 5) is 44.0. The zero-order valence-corrected chi connectivity index (χ0v) is 12.8. The number of ether oxygens (including phenoxy) is 2. The van der Waals surface area contributed by atoms with Crippen molar-refractivity contribution in [3.05, 3.63) is 0 Å². The van der Waals surface area contributed by atoms with Crippen molar-refractivity contribution < 1.29 is 28.7 Å². The number of hydrogen-bond donors (Lipinski definition) is 0. The second kappa shape index (κ2) is 11.0. The first-order valence-electron chi connectivity index (χ1n) is 7.04. The summed E-state index contributed by atoms with van der Waals surface area (Å²) in [5, 5.41) is 0. The lowest BCUT2D eigenvalue weighted by molar-refractivity contribution is -0.141. The largest absolute Gasteiger partial charge is 0.469 e. The van der Waals surface area contributed by atoms with Crippen molar-refractivity contribution >= 4 is 24.5 Å². The van der Waals surface area contributed by atoms with Gasteiger partial charge >= 0.3 is 11.9 Å². The van der Waals surface area contributed by atoms with Crippen molar-refractivity contribution in [2.24, 2.45) is 5.41 Å². The van der Waals surface area contributed by atoms with Gasteiger partial charge in [0.1, 0.15) is 12.6 Å². The number of methoxy groups -OCH3 is 2. The lowest BCUT2D eigenvalue weighted by atomic mass is 9.72. The van der Waals surface area contributed by atoms with E-state index in [0.29, 0.717) is 38.5 Å². The molecular weight excluding hydrogens is 276 g/mol. The van der Waals surface area contributed by atoms with Crippen LogP contribution >= 0.6 is 0 Å². The lowest BCUT2D eigenvalue weighted by Gasteiger charge is -2.33. The van der Waals surface area contributed by atoms with E-state index in [-0.39, 0.29) is 24.8 Å². The van der Waals surface area contributed by atoms with Crippen LogP contribution in [0.5, 0.6) is 0 Å². The van der Waals surface area contributed by atoms with E-state index in [1.165, 1.54) is 14.2 Å². The van der Waals surface area contributed by atoms with Crippen LogP contribution in [0.15, 0.2) is 0 Å². The zero-order chi connectivity index (χ0) is 16.1. The minimum Gasteiger partial charge on any atom is -0.469 e. The maximum absolute atomic E-state index is 11.3. The number of carbonyl (C=O) groups is 4. The maximum atomic E-state index is 11.3. The fourth-order valence-corrected chi connectivity index (χ4v) is 2.42. The van der Waals surface area contributed by atoms with Crippen molar-refractivity contribution in [2.75, 3.05) is 14.2 Å². The van der Waals surface area contributed by atoms with Gasteiger partial charge in [-0.05, 0) is 31.1 Å². The van der Waals surface area contributed by atoms with Crippen molar-refractivity contribution in [3.8, 4) is 0 Å². The maximum Gasteiger partial charge on any atom is 0.305 e. The van der Waals surface area contributed by atoms with E-state index in [1.54, 1.807) is 0 Å². The Morgan fingerprint density at radius 3 is 1.48 bits per heavy atom. The van der Waals surface area contributed by atoms with E-state index in [2.05, 4.69) is 9.47 Å². The molecule has 0 radical (unpaired) electrons. The molecule has 0 unspecified atom stereocenters. The predicted octanol–water partition coefficient (Wildman–Crippen LogP) is 1.84. The second-order valence-corrected chi connectivity index (χ2v) is 5.06. The molecule has 0 heterocycles. The highest BCUT2D eigenvalue weighted by Gasteiger charge is 2.30. The summed E-state index contributed by atoms with van der Waals surface area (Å²) in [5.74, 6) is -0.677. The summed E-state index contributed by atoms with van der Waals surface area (Å²) >= 11 is 0. The Balaban J connectivity index is 4.89. The van der Waals surface area contributed by atoms with Gasteiger partial charge in [-0.25, -0.2) is 0 Å². The molecule has 6 heteroatoms. The SMILES string of the molecule is COC(=O)CCC(CCC=O)(CCC=O)CCC(=O)OC. The van der Waals surface area contributed by atoms with E-state index in [0.717, 1.165) is 12.6 Å². The van der Waals surface area contributed by atoms with Gasteiger partial charge in [-0.3, -0.25) is 9.59 Å². The summed E-state index contributed by atoms with van der Waals surface area (Å²) in [6.07, 6.45) is 4.75. The molecule has 0 aromatic rings. The third-order valence-electron chi connectivity index (χ3n) is 3.76. The Hall–Kier alpha value is -1.72. The molecule has 0 aliphatic heterocycles. The van der Waals surface area contributed by atoms with E-state index in [1.807, 2.05) is 0 Å². The number of hydrogen-bond acceptors (Lipinski definition) is 6. The van der Waals surface area contributed by atoms with Gasteiger partial charge in [0.05, 0.1) is 14.2 Å². The molecule has 0 aliphatic rings. The molecule has 0 saturated heterocycles. The Kier molecular flexibility index (Phi) is 10.1. The molecule has 0 amide bonds. The lowest BCUT2D eigenvalue weighted by Crippen LogP contribution is -2.24. The first-order chi connectivity index (χ1) is 10.0. The van der Waals surface area contributed by atoms with Crippen molar-refractivity contribution in [1.82, 2.24) is 0 Å². The van der Waals surface area contributed by atoms with Gasteiger partial charge in [0.25, 0.3) is 0 Å². The minimum atomic E-state index is -0.399. The molecule has 0 rings (SSSR count). The molecule has 0 spiro atoms. The molecule has 0 bridgehead atoms. The number of aldehydes is 2. The molecule has 0 aromatic heterocycles. The zero-order valence-electron chi connectivity index (χ0n) is 12.8. The number of carbonyl (C=O) groups excluding carboxylic acids is 4. The Morgan fingerprint density at radius 2 is 1.19 bits per heavy atom. The molecule has 0 fully saturated rings. The van der Waals surface area contributed by atoms with E-state index < -0.39 is 5.41 Å². The fraction of sp³-hybridized carbons (Fsp3) is 0.733. The van der Waals surface area contributed by atoms with E-state index in [9.17, 15) is 19.2 Å². The van der Waals surface area contributed by atoms with Crippen molar-refractivity contribution in [2.45, 2.75) is 51.4 Å². The van der Waals surface area contributed by atoms with Gasteiger partial charge in [0.15, 0.2) is 0 Å². The second-order valence-electron chi connectivity index (χ2n) is 5.06. The van der Waals surface area contributed by atoms with Crippen LogP contribution in [0.25, 0.3) is 0 Å². The van der Waals surface area contributed by atoms with Gasteiger partial charge < -0.3 is 19.1 Å². The van der Waals surface area contributed by atoms with Crippen molar-refractivity contribution in [1.29, 1.82) is 0 Å². The van der Waals surface area contributed by atoms with Crippen LogP contribution in [0.2, 0.25) is 0 Å². The molecule has 21 heavy (non-hydrogen) atoms. The van der Waals surface area contributed by atoms with E-state index >= 15 is 0 Å².